The quantitative estimate of drug-likeness (QED) is 0.0247. The van der Waals surface area contributed by atoms with Crippen LogP contribution in [0.5, 0.6) is 0 Å². The van der Waals surface area contributed by atoms with Gasteiger partial charge in [0.25, 0.3) is 0 Å². The van der Waals surface area contributed by atoms with Crippen LogP contribution in [0.4, 0.5) is 0 Å². The molecule has 0 aliphatic carbocycles. The lowest BCUT2D eigenvalue weighted by Crippen LogP contribution is -2.45. The van der Waals surface area contributed by atoms with Gasteiger partial charge in [-0.05, 0) is 64.2 Å². The molecule has 0 saturated heterocycles. The summed E-state index contributed by atoms with van der Waals surface area (Å²) in [6.07, 6.45) is 51.4. The van der Waals surface area contributed by atoms with Gasteiger partial charge in [-0.3, -0.25) is 13.8 Å². The predicted molar refractivity (Wildman–Crippen MR) is 240 cm³/mol. The van der Waals surface area contributed by atoms with Crippen molar-refractivity contribution in [3.8, 4) is 0 Å². The van der Waals surface area contributed by atoms with Gasteiger partial charge in [-0.1, -0.05) is 170 Å². The summed E-state index contributed by atoms with van der Waals surface area (Å²) < 4.78 is 23.4. The highest BCUT2D eigenvalue weighted by molar-refractivity contribution is 7.47. The summed E-state index contributed by atoms with van der Waals surface area (Å²) in [5, 5.41) is 13.7. The first-order valence-corrected chi connectivity index (χ1v) is 23.8. The Morgan fingerprint density at radius 3 is 1.57 bits per heavy atom. The second-order valence-corrected chi connectivity index (χ2v) is 17.5. The van der Waals surface area contributed by atoms with Gasteiger partial charge < -0.3 is 19.8 Å². The summed E-state index contributed by atoms with van der Waals surface area (Å²) in [7, 11) is 1.56. The van der Waals surface area contributed by atoms with E-state index < -0.39 is 20.0 Å². The number of quaternary nitrogens is 1. The monoisotopic (exact) mass is 806 g/mol. The van der Waals surface area contributed by atoms with Crippen LogP contribution in [0.2, 0.25) is 0 Å². The summed E-state index contributed by atoms with van der Waals surface area (Å²) in [6, 6.07) is -0.848. The van der Waals surface area contributed by atoms with Crippen LogP contribution in [0.15, 0.2) is 72.9 Å². The van der Waals surface area contributed by atoms with Crippen LogP contribution in [0, 0.1) is 0 Å². The molecule has 0 aromatic carbocycles. The Labute approximate surface area is 344 Å². The molecule has 0 spiro atoms. The molecule has 0 aromatic heterocycles. The van der Waals surface area contributed by atoms with Gasteiger partial charge in [-0.2, -0.15) is 0 Å². The summed E-state index contributed by atoms with van der Waals surface area (Å²) in [5.74, 6) is -0.189. The molecule has 3 atom stereocenters. The second kappa shape index (κ2) is 38.5. The Morgan fingerprint density at radius 1 is 0.625 bits per heavy atom. The fraction of sp³-hybridized carbons (Fsp3) is 0.723. The Hall–Kier alpha value is -2.06. The summed E-state index contributed by atoms with van der Waals surface area (Å²) >= 11 is 0. The number of carbonyl (C=O) groups is 1. The maximum Gasteiger partial charge on any atom is 0.472 e. The number of amides is 1. The molecular formula is C47H86N2O6P+. The van der Waals surface area contributed by atoms with Gasteiger partial charge in [-0.25, -0.2) is 4.57 Å². The fourth-order valence-corrected chi connectivity index (χ4v) is 6.63. The molecule has 9 heteroatoms. The van der Waals surface area contributed by atoms with E-state index in [1.165, 1.54) is 77.0 Å². The van der Waals surface area contributed by atoms with Crippen molar-refractivity contribution in [3.63, 3.8) is 0 Å². The number of phosphoric ester groups is 1. The van der Waals surface area contributed by atoms with Crippen LogP contribution >= 0.6 is 7.82 Å². The molecule has 3 unspecified atom stereocenters. The number of carbonyl (C=O) groups excluding carboxylic acids is 1. The molecular weight excluding hydrogens is 719 g/mol. The normalized spacial score (nSPS) is 15.1. The first-order chi connectivity index (χ1) is 27.0. The van der Waals surface area contributed by atoms with E-state index in [-0.39, 0.29) is 19.1 Å². The van der Waals surface area contributed by atoms with E-state index in [1.54, 1.807) is 6.08 Å². The molecule has 0 fully saturated rings. The third-order valence-electron chi connectivity index (χ3n) is 9.43. The molecule has 0 heterocycles. The standard InChI is InChI=1S/C47H85N2O6P/c1-6-8-10-12-14-15-16-17-18-19-20-21-22-23-24-25-26-27-28-29-30-31-32-33-35-37-39-41-47(51)48-45(46(50)40-38-36-34-13-11-9-7-2)44-55-56(52,53)54-43-42-49(3,4)5/h8,10,14-15,17-18,20-21,23-24,38,40,45-46,50H,6-7,9,11-13,16,19,22,25-37,39,41-44H2,1-5H3,(H-,48,51,52,53)/p+1/b10-8-,15-14-,18-17-,21-20-,24-23-,40-38+. The number of likely N-dealkylation sites (N-methyl/N-ethyl adjacent to an activating group) is 1. The minimum Gasteiger partial charge on any atom is -0.387 e. The highest BCUT2D eigenvalue weighted by atomic mass is 31.2. The average molecular weight is 806 g/mol. The largest absolute Gasteiger partial charge is 0.472 e. The Balaban J connectivity index is 4.12. The van der Waals surface area contributed by atoms with E-state index in [1.807, 2.05) is 27.2 Å². The SMILES string of the molecule is CC/C=C\C/C=C\C/C=C\C/C=C\C/C=C\CCCCCCCCCCCCCC(=O)NC(COP(=O)(O)OCC[N+](C)(C)C)C(O)/C=C/CCCCCCC. The maximum atomic E-state index is 12.8. The second-order valence-electron chi connectivity index (χ2n) is 16.0. The van der Waals surface area contributed by atoms with Gasteiger partial charge in [0.05, 0.1) is 39.9 Å². The van der Waals surface area contributed by atoms with Crippen LogP contribution in [0.3, 0.4) is 0 Å². The van der Waals surface area contributed by atoms with Gasteiger partial charge in [0.15, 0.2) is 0 Å². The number of phosphoric acid groups is 1. The molecule has 56 heavy (non-hydrogen) atoms. The number of rotatable bonds is 39. The lowest BCUT2D eigenvalue weighted by atomic mass is 10.0. The van der Waals surface area contributed by atoms with Crippen molar-refractivity contribution in [1.29, 1.82) is 0 Å². The van der Waals surface area contributed by atoms with Crippen LogP contribution in [-0.4, -0.2) is 73.4 Å². The van der Waals surface area contributed by atoms with Crippen molar-refractivity contribution < 1.29 is 32.9 Å². The van der Waals surface area contributed by atoms with Crippen molar-refractivity contribution in [1.82, 2.24) is 5.32 Å². The van der Waals surface area contributed by atoms with E-state index in [9.17, 15) is 19.4 Å². The van der Waals surface area contributed by atoms with Crippen LogP contribution in [0.25, 0.3) is 0 Å². The summed E-state index contributed by atoms with van der Waals surface area (Å²) in [6.45, 7) is 4.61. The molecule has 0 aliphatic heterocycles. The van der Waals surface area contributed by atoms with Crippen molar-refractivity contribution in [2.45, 2.75) is 180 Å². The third-order valence-corrected chi connectivity index (χ3v) is 10.4. The molecule has 0 radical (unpaired) electrons. The van der Waals surface area contributed by atoms with E-state index >= 15 is 0 Å². The zero-order chi connectivity index (χ0) is 41.4. The highest BCUT2D eigenvalue weighted by Crippen LogP contribution is 2.43. The number of allylic oxidation sites excluding steroid dienone is 11. The number of aliphatic hydroxyl groups excluding tert-OH is 1. The van der Waals surface area contributed by atoms with Gasteiger partial charge in [0.1, 0.15) is 13.2 Å². The topological polar surface area (TPSA) is 105 Å². The lowest BCUT2D eigenvalue weighted by molar-refractivity contribution is -0.870. The van der Waals surface area contributed by atoms with Crippen molar-refractivity contribution in [3.05, 3.63) is 72.9 Å². The molecule has 0 bridgehead atoms. The summed E-state index contributed by atoms with van der Waals surface area (Å²) in [4.78, 5) is 23.0. The zero-order valence-corrected chi connectivity index (χ0v) is 37.5. The smallest absolute Gasteiger partial charge is 0.387 e. The van der Waals surface area contributed by atoms with Crippen molar-refractivity contribution >= 4 is 13.7 Å². The van der Waals surface area contributed by atoms with Crippen molar-refractivity contribution in [2.75, 3.05) is 40.9 Å². The Bertz CT molecular complexity index is 1140. The maximum absolute atomic E-state index is 12.8. The molecule has 1 amide bonds. The van der Waals surface area contributed by atoms with Crippen LogP contribution in [-0.2, 0) is 18.4 Å². The number of hydrogen-bond acceptors (Lipinski definition) is 5. The van der Waals surface area contributed by atoms with Crippen LogP contribution in [0.1, 0.15) is 168 Å². The molecule has 0 aromatic rings. The minimum absolute atomic E-state index is 0.0573. The van der Waals surface area contributed by atoms with E-state index in [4.69, 9.17) is 9.05 Å². The van der Waals surface area contributed by atoms with Crippen molar-refractivity contribution in [2.24, 2.45) is 0 Å². The first kappa shape index (κ1) is 53.9. The Kier molecular flexibility index (Phi) is 37.0. The van der Waals surface area contributed by atoms with Gasteiger partial charge in [0, 0.05) is 6.42 Å². The predicted octanol–water partition coefficient (Wildman–Crippen LogP) is 12.4. The third kappa shape index (κ3) is 40.1. The van der Waals surface area contributed by atoms with Gasteiger partial charge in [-0.15, -0.1) is 0 Å². The zero-order valence-electron chi connectivity index (χ0n) is 36.6. The summed E-state index contributed by atoms with van der Waals surface area (Å²) in [5.41, 5.74) is 0. The molecule has 0 saturated carbocycles. The number of nitrogens with one attached hydrogen (secondary N) is 1. The Morgan fingerprint density at radius 2 is 1.07 bits per heavy atom. The first-order valence-electron chi connectivity index (χ1n) is 22.3. The minimum atomic E-state index is -4.33. The average Bonchev–Trinajstić information content (AvgIpc) is 3.15. The molecule has 0 rings (SSSR count). The number of hydrogen-bond donors (Lipinski definition) is 3. The fourth-order valence-electron chi connectivity index (χ4n) is 5.89. The van der Waals surface area contributed by atoms with E-state index in [0.29, 0.717) is 17.4 Å². The molecule has 324 valence electrons. The van der Waals surface area contributed by atoms with Crippen LogP contribution < -0.4 is 5.32 Å². The highest BCUT2D eigenvalue weighted by Gasteiger charge is 2.27. The molecule has 8 nitrogen and oxygen atoms in total. The van der Waals surface area contributed by atoms with Gasteiger partial charge in [0.2, 0.25) is 5.91 Å². The number of aliphatic hydroxyl groups is 1. The molecule has 3 N–H and O–H groups in total. The molecule has 0 aliphatic rings. The number of unbranched alkanes of at least 4 members (excludes halogenated alkanes) is 16. The number of nitrogens with zero attached hydrogens (tertiary/aromatic N) is 1. The van der Waals surface area contributed by atoms with E-state index in [2.05, 4.69) is 79.9 Å². The van der Waals surface area contributed by atoms with E-state index in [0.717, 1.165) is 70.6 Å². The van der Waals surface area contributed by atoms with Gasteiger partial charge >= 0.3 is 7.82 Å². The lowest BCUT2D eigenvalue weighted by Gasteiger charge is -2.25.